The van der Waals surface area contributed by atoms with Crippen LogP contribution in [0.1, 0.15) is 6.42 Å². The Bertz CT molecular complexity index is 130. The Morgan fingerprint density at radius 3 is 2.89 bits per heavy atom. The Labute approximate surface area is 54.3 Å². The maximum atomic E-state index is 9.11. The van der Waals surface area contributed by atoms with Crippen molar-refractivity contribution < 1.29 is 5.11 Å². The van der Waals surface area contributed by atoms with Crippen molar-refractivity contribution in [3.8, 4) is 6.07 Å². The molecule has 0 saturated carbocycles. The van der Waals surface area contributed by atoms with Gasteiger partial charge in [0.05, 0.1) is 18.1 Å². The van der Waals surface area contributed by atoms with E-state index in [1.54, 1.807) is 0 Å². The van der Waals surface area contributed by atoms with Crippen molar-refractivity contribution in [2.75, 3.05) is 13.1 Å². The molecule has 9 heavy (non-hydrogen) atoms. The molecule has 0 aliphatic carbocycles. The summed E-state index contributed by atoms with van der Waals surface area (Å²) in [5.74, 6) is -0.196. The predicted octanol–water partition coefficient (Wildman–Crippen LogP) is -0.520. The third-order valence-corrected chi connectivity index (χ3v) is 1.61. The van der Waals surface area contributed by atoms with Gasteiger partial charge in [-0.25, -0.2) is 0 Å². The van der Waals surface area contributed by atoms with Crippen LogP contribution in [0.25, 0.3) is 0 Å². The molecule has 2 atom stereocenters. The molecule has 0 spiro atoms. The number of hydrogen-bond acceptors (Lipinski definition) is 3. The average molecular weight is 126 g/mol. The normalized spacial score (nSPS) is 35.6. The molecule has 3 heteroatoms. The molecule has 1 fully saturated rings. The third-order valence-electron chi connectivity index (χ3n) is 1.61. The number of hydrogen-bond donors (Lipinski definition) is 2. The highest BCUT2D eigenvalue weighted by atomic mass is 16.3. The quantitative estimate of drug-likeness (QED) is 0.459. The van der Waals surface area contributed by atoms with Crippen molar-refractivity contribution >= 4 is 0 Å². The SMILES string of the molecule is N#C[C@@H]1CNCC[C@H]1O. The Morgan fingerprint density at radius 1 is 1.67 bits per heavy atom. The largest absolute Gasteiger partial charge is 0.392 e. The fourth-order valence-corrected chi connectivity index (χ4v) is 0.976. The molecule has 0 aromatic heterocycles. The second kappa shape index (κ2) is 2.81. The van der Waals surface area contributed by atoms with E-state index in [4.69, 9.17) is 10.4 Å². The van der Waals surface area contributed by atoms with E-state index in [-0.39, 0.29) is 5.92 Å². The van der Waals surface area contributed by atoms with Crippen LogP contribution < -0.4 is 5.32 Å². The summed E-state index contributed by atoms with van der Waals surface area (Å²) >= 11 is 0. The molecule has 1 aliphatic rings. The van der Waals surface area contributed by atoms with Crippen LogP contribution in [0.3, 0.4) is 0 Å². The van der Waals surface area contributed by atoms with Crippen LogP contribution in [0, 0.1) is 17.2 Å². The maximum absolute atomic E-state index is 9.11. The van der Waals surface area contributed by atoms with Crippen molar-refractivity contribution in [3.05, 3.63) is 0 Å². The van der Waals surface area contributed by atoms with E-state index in [0.717, 1.165) is 6.54 Å². The predicted molar refractivity (Wildman–Crippen MR) is 32.6 cm³/mol. The standard InChI is InChI=1S/C6H10N2O/c7-3-5-4-8-2-1-6(5)9/h5-6,8-9H,1-2,4H2/t5-,6-/m1/s1. The number of rotatable bonds is 0. The fraction of sp³-hybridized carbons (Fsp3) is 0.833. The van der Waals surface area contributed by atoms with Crippen molar-refractivity contribution in [1.29, 1.82) is 5.26 Å². The number of nitriles is 1. The molecule has 0 aromatic rings. The Morgan fingerprint density at radius 2 is 2.44 bits per heavy atom. The molecule has 2 N–H and O–H groups in total. The van der Waals surface area contributed by atoms with E-state index in [1.165, 1.54) is 0 Å². The van der Waals surface area contributed by atoms with E-state index >= 15 is 0 Å². The van der Waals surface area contributed by atoms with E-state index < -0.39 is 6.10 Å². The van der Waals surface area contributed by atoms with Gasteiger partial charge >= 0.3 is 0 Å². The monoisotopic (exact) mass is 126 g/mol. The molecule has 1 aliphatic heterocycles. The molecule has 0 radical (unpaired) electrons. The first kappa shape index (κ1) is 6.53. The van der Waals surface area contributed by atoms with Crippen molar-refractivity contribution in [3.63, 3.8) is 0 Å². The van der Waals surface area contributed by atoms with Gasteiger partial charge in [0.2, 0.25) is 0 Å². The van der Waals surface area contributed by atoms with Crippen LogP contribution in [0.5, 0.6) is 0 Å². The molecule has 1 heterocycles. The Hall–Kier alpha value is -0.590. The van der Waals surface area contributed by atoms with Gasteiger partial charge in [0.25, 0.3) is 0 Å². The topological polar surface area (TPSA) is 56.0 Å². The lowest BCUT2D eigenvalue weighted by Crippen LogP contribution is -2.38. The van der Waals surface area contributed by atoms with Gasteiger partial charge in [-0.15, -0.1) is 0 Å². The van der Waals surface area contributed by atoms with Gasteiger partial charge in [0, 0.05) is 6.54 Å². The summed E-state index contributed by atoms with van der Waals surface area (Å²) in [6.07, 6.45) is 0.300. The molecule has 0 aromatic carbocycles. The van der Waals surface area contributed by atoms with Crippen LogP contribution >= 0.6 is 0 Å². The van der Waals surface area contributed by atoms with Gasteiger partial charge < -0.3 is 10.4 Å². The highest BCUT2D eigenvalue weighted by molar-refractivity contribution is 4.92. The van der Waals surface area contributed by atoms with Gasteiger partial charge in [-0.05, 0) is 13.0 Å². The minimum absolute atomic E-state index is 0.196. The lowest BCUT2D eigenvalue weighted by molar-refractivity contribution is 0.105. The van der Waals surface area contributed by atoms with Gasteiger partial charge in [-0.3, -0.25) is 0 Å². The Kier molecular flexibility index (Phi) is 2.04. The van der Waals surface area contributed by atoms with Crippen LogP contribution in [0.2, 0.25) is 0 Å². The van der Waals surface area contributed by atoms with Crippen LogP contribution in [-0.4, -0.2) is 24.3 Å². The molecular formula is C6H10N2O. The Balaban J connectivity index is 2.41. The van der Waals surface area contributed by atoms with E-state index in [1.807, 2.05) is 6.07 Å². The van der Waals surface area contributed by atoms with Crippen LogP contribution in [0.4, 0.5) is 0 Å². The van der Waals surface area contributed by atoms with Gasteiger partial charge in [0.1, 0.15) is 0 Å². The minimum Gasteiger partial charge on any atom is -0.392 e. The van der Waals surface area contributed by atoms with Crippen molar-refractivity contribution in [2.24, 2.45) is 5.92 Å². The molecule has 0 amide bonds. The molecule has 0 bridgehead atoms. The highest BCUT2D eigenvalue weighted by Crippen LogP contribution is 2.08. The molecular weight excluding hydrogens is 116 g/mol. The summed E-state index contributed by atoms with van der Waals surface area (Å²) in [6, 6.07) is 2.04. The van der Waals surface area contributed by atoms with E-state index in [2.05, 4.69) is 5.32 Å². The summed E-state index contributed by atoms with van der Waals surface area (Å²) in [6.45, 7) is 1.47. The van der Waals surface area contributed by atoms with E-state index in [0.29, 0.717) is 13.0 Å². The van der Waals surface area contributed by atoms with Gasteiger partial charge in [-0.1, -0.05) is 0 Å². The first-order valence-corrected chi connectivity index (χ1v) is 3.13. The molecule has 1 saturated heterocycles. The number of nitrogens with one attached hydrogen (secondary N) is 1. The number of nitrogens with zero attached hydrogens (tertiary/aromatic N) is 1. The van der Waals surface area contributed by atoms with Crippen LogP contribution in [-0.2, 0) is 0 Å². The molecule has 1 rings (SSSR count). The third kappa shape index (κ3) is 1.41. The summed E-state index contributed by atoms with van der Waals surface area (Å²) in [4.78, 5) is 0. The summed E-state index contributed by atoms with van der Waals surface area (Å²) in [7, 11) is 0. The second-order valence-electron chi connectivity index (χ2n) is 2.30. The highest BCUT2D eigenvalue weighted by Gasteiger charge is 2.21. The zero-order valence-corrected chi connectivity index (χ0v) is 5.17. The molecule has 50 valence electrons. The lowest BCUT2D eigenvalue weighted by atomic mass is 9.98. The van der Waals surface area contributed by atoms with E-state index in [9.17, 15) is 0 Å². The number of aliphatic hydroxyl groups is 1. The average Bonchev–Trinajstić information content (AvgIpc) is 1.89. The fourth-order valence-electron chi connectivity index (χ4n) is 0.976. The number of aliphatic hydroxyl groups excluding tert-OH is 1. The second-order valence-corrected chi connectivity index (χ2v) is 2.30. The summed E-state index contributed by atoms with van der Waals surface area (Å²) < 4.78 is 0. The molecule has 3 nitrogen and oxygen atoms in total. The summed E-state index contributed by atoms with van der Waals surface area (Å²) in [5.41, 5.74) is 0. The van der Waals surface area contributed by atoms with Gasteiger partial charge in [-0.2, -0.15) is 5.26 Å². The first-order valence-electron chi connectivity index (χ1n) is 3.13. The smallest absolute Gasteiger partial charge is 0.0847 e. The minimum atomic E-state index is -0.406. The zero-order chi connectivity index (χ0) is 6.69. The maximum Gasteiger partial charge on any atom is 0.0847 e. The number of piperidine rings is 1. The van der Waals surface area contributed by atoms with Crippen molar-refractivity contribution in [2.45, 2.75) is 12.5 Å². The summed E-state index contributed by atoms with van der Waals surface area (Å²) in [5, 5.41) is 20.6. The van der Waals surface area contributed by atoms with Gasteiger partial charge in [0.15, 0.2) is 0 Å². The van der Waals surface area contributed by atoms with Crippen LogP contribution in [0.15, 0.2) is 0 Å². The lowest BCUT2D eigenvalue weighted by Gasteiger charge is -2.22. The molecule has 0 unspecified atom stereocenters. The first-order chi connectivity index (χ1) is 4.34. The zero-order valence-electron chi connectivity index (χ0n) is 5.17. The van der Waals surface area contributed by atoms with Crippen molar-refractivity contribution in [1.82, 2.24) is 5.32 Å².